The molecule has 1 N–H and O–H groups in total. The second kappa shape index (κ2) is 5.80. The second-order valence-electron chi connectivity index (χ2n) is 4.05. The van der Waals surface area contributed by atoms with Crippen molar-refractivity contribution in [3.8, 4) is 6.07 Å². The summed E-state index contributed by atoms with van der Waals surface area (Å²) in [4.78, 5) is 9.89. The molecule has 2 rings (SSSR count). The van der Waals surface area contributed by atoms with Crippen molar-refractivity contribution in [3.63, 3.8) is 0 Å². The van der Waals surface area contributed by atoms with Gasteiger partial charge in [0.05, 0.1) is 16.6 Å². The molecule has 2 aromatic rings. The van der Waals surface area contributed by atoms with E-state index in [1.165, 1.54) is 12.1 Å². The molecule has 0 saturated heterocycles. The summed E-state index contributed by atoms with van der Waals surface area (Å²) in [7, 11) is 0. The molecule has 0 amide bonds. The number of nitro groups is 1. The van der Waals surface area contributed by atoms with Crippen molar-refractivity contribution >= 4 is 11.4 Å². The Kier molecular flexibility index (Phi) is 3.91. The van der Waals surface area contributed by atoms with Gasteiger partial charge in [0.2, 0.25) is 5.82 Å². The van der Waals surface area contributed by atoms with Gasteiger partial charge in [0.1, 0.15) is 0 Å². The van der Waals surface area contributed by atoms with Gasteiger partial charge in [-0.2, -0.15) is 9.65 Å². The van der Waals surface area contributed by atoms with Crippen molar-refractivity contribution in [1.82, 2.24) is 0 Å². The highest BCUT2D eigenvalue weighted by molar-refractivity contribution is 5.50. The molecule has 0 aromatic heterocycles. The predicted octanol–water partition coefficient (Wildman–Crippen LogP) is 3.22. The van der Waals surface area contributed by atoms with Crippen molar-refractivity contribution in [2.75, 3.05) is 5.32 Å². The van der Waals surface area contributed by atoms with Crippen LogP contribution in [0.3, 0.4) is 0 Å². The van der Waals surface area contributed by atoms with Gasteiger partial charge in [-0.15, -0.1) is 0 Å². The SMILES string of the molecule is N#Cc1cccc(NCc2cccc([N+](=O)[O-])c2F)c1. The van der Waals surface area contributed by atoms with Crippen molar-refractivity contribution < 1.29 is 9.31 Å². The van der Waals surface area contributed by atoms with Gasteiger partial charge in [-0.05, 0) is 18.2 Å². The highest BCUT2D eigenvalue weighted by Crippen LogP contribution is 2.21. The van der Waals surface area contributed by atoms with E-state index < -0.39 is 16.4 Å². The Morgan fingerprint density at radius 1 is 1.30 bits per heavy atom. The van der Waals surface area contributed by atoms with Crippen molar-refractivity contribution in [1.29, 1.82) is 5.26 Å². The van der Waals surface area contributed by atoms with E-state index in [1.54, 1.807) is 24.3 Å². The molecule has 0 saturated carbocycles. The molecule has 0 aliphatic carbocycles. The first-order valence-electron chi connectivity index (χ1n) is 5.77. The molecule has 20 heavy (non-hydrogen) atoms. The number of nitriles is 1. The lowest BCUT2D eigenvalue weighted by Gasteiger charge is -2.07. The number of hydrogen-bond donors (Lipinski definition) is 1. The van der Waals surface area contributed by atoms with Crippen LogP contribution < -0.4 is 5.32 Å². The normalized spacial score (nSPS) is 9.80. The number of nitrogens with one attached hydrogen (secondary N) is 1. The van der Waals surface area contributed by atoms with Crippen LogP contribution in [0, 0.1) is 27.3 Å². The fraction of sp³-hybridized carbons (Fsp3) is 0.0714. The van der Waals surface area contributed by atoms with Gasteiger partial charge in [0.25, 0.3) is 0 Å². The van der Waals surface area contributed by atoms with Crippen LogP contribution >= 0.6 is 0 Å². The monoisotopic (exact) mass is 271 g/mol. The second-order valence-corrected chi connectivity index (χ2v) is 4.05. The molecule has 100 valence electrons. The Hall–Kier alpha value is -2.94. The topological polar surface area (TPSA) is 79.0 Å². The molecular formula is C14H10FN3O2. The Morgan fingerprint density at radius 2 is 2.05 bits per heavy atom. The van der Waals surface area contributed by atoms with Crippen LogP contribution in [0.15, 0.2) is 42.5 Å². The summed E-state index contributed by atoms with van der Waals surface area (Å²) in [5, 5.41) is 22.3. The van der Waals surface area contributed by atoms with E-state index in [9.17, 15) is 14.5 Å². The third-order valence-corrected chi connectivity index (χ3v) is 2.73. The van der Waals surface area contributed by atoms with Gasteiger partial charge in [-0.3, -0.25) is 10.1 Å². The van der Waals surface area contributed by atoms with E-state index in [2.05, 4.69) is 5.32 Å². The average Bonchev–Trinajstić information content (AvgIpc) is 2.46. The van der Waals surface area contributed by atoms with Crippen LogP contribution in [0.25, 0.3) is 0 Å². The Bertz CT molecular complexity index is 695. The summed E-state index contributed by atoms with van der Waals surface area (Å²) >= 11 is 0. The van der Waals surface area contributed by atoms with Crippen LogP contribution in [-0.2, 0) is 6.54 Å². The number of nitro benzene ring substituents is 1. The molecular weight excluding hydrogens is 261 g/mol. The van der Waals surface area contributed by atoms with Crippen LogP contribution in [0.2, 0.25) is 0 Å². The van der Waals surface area contributed by atoms with Gasteiger partial charge in [0.15, 0.2) is 0 Å². The molecule has 5 nitrogen and oxygen atoms in total. The highest BCUT2D eigenvalue weighted by Gasteiger charge is 2.16. The first kappa shape index (κ1) is 13.5. The lowest BCUT2D eigenvalue weighted by molar-refractivity contribution is -0.387. The smallest absolute Gasteiger partial charge is 0.305 e. The summed E-state index contributed by atoms with van der Waals surface area (Å²) in [5.74, 6) is -0.846. The number of hydrogen-bond acceptors (Lipinski definition) is 4. The lowest BCUT2D eigenvalue weighted by Crippen LogP contribution is -2.04. The fourth-order valence-corrected chi connectivity index (χ4v) is 1.74. The molecule has 0 heterocycles. The summed E-state index contributed by atoms with van der Waals surface area (Å²) in [6.45, 7) is 0.0996. The van der Waals surface area contributed by atoms with Gasteiger partial charge in [0, 0.05) is 23.9 Å². The fourth-order valence-electron chi connectivity index (χ4n) is 1.74. The summed E-state index contributed by atoms with van der Waals surface area (Å²) < 4.78 is 13.8. The first-order chi connectivity index (χ1) is 9.61. The zero-order valence-electron chi connectivity index (χ0n) is 10.3. The van der Waals surface area contributed by atoms with E-state index in [0.29, 0.717) is 11.3 Å². The van der Waals surface area contributed by atoms with Gasteiger partial charge >= 0.3 is 5.69 Å². The molecule has 0 aliphatic rings. The van der Waals surface area contributed by atoms with E-state index in [0.717, 1.165) is 6.07 Å². The van der Waals surface area contributed by atoms with Crippen molar-refractivity contribution in [3.05, 3.63) is 69.5 Å². The average molecular weight is 271 g/mol. The molecule has 0 aliphatic heterocycles. The molecule has 0 atom stereocenters. The Balaban J connectivity index is 2.17. The lowest BCUT2D eigenvalue weighted by atomic mass is 10.1. The highest BCUT2D eigenvalue weighted by atomic mass is 19.1. The minimum absolute atomic E-state index is 0.0996. The standard InChI is InChI=1S/C14H10FN3O2/c15-14-11(4-2-6-13(14)18(19)20)9-17-12-5-1-3-10(7-12)8-16/h1-7,17H,9H2. The van der Waals surface area contributed by atoms with E-state index in [4.69, 9.17) is 5.26 Å². The van der Waals surface area contributed by atoms with Crippen molar-refractivity contribution in [2.24, 2.45) is 0 Å². The third kappa shape index (κ3) is 2.90. The Morgan fingerprint density at radius 3 is 2.75 bits per heavy atom. The molecule has 2 aromatic carbocycles. The molecule has 0 fully saturated rings. The summed E-state index contributed by atoms with van der Waals surface area (Å²) in [6, 6.07) is 12.7. The number of benzene rings is 2. The minimum Gasteiger partial charge on any atom is -0.381 e. The van der Waals surface area contributed by atoms with Gasteiger partial charge in [-0.25, -0.2) is 0 Å². The molecule has 0 bridgehead atoms. The summed E-state index contributed by atoms with van der Waals surface area (Å²) in [5.41, 5.74) is 0.779. The van der Waals surface area contributed by atoms with Crippen LogP contribution in [-0.4, -0.2) is 4.92 Å². The minimum atomic E-state index is -0.846. The largest absolute Gasteiger partial charge is 0.381 e. The number of nitrogens with zero attached hydrogens (tertiary/aromatic N) is 2. The maximum absolute atomic E-state index is 13.8. The van der Waals surface area contributed by atoms with Crippen LogP contribution in [0.1, 0.15) is 11.1 Å². The molecule has 0 unspecified atom stereocenters. The van der Waals surface area contributed by atoms with Gasteiger partial charge in [-0.1, -0.05) is 18.2 Å². The van der Waals surface area contributed by atoms with Gasteiger partial charge < -0.3 is 5.32 Å². The first-order valence-corrected chi connectivity index (χ1v) is 5.77. The maximum Gasteiger partial charge on any atom is 0.305 e. The molecule has 0 radical (unpaired) electrons. The number of rotatable bonds is 4. The van der Waals surface area contributed by atoms with E-state index in [-0.39, 0.29) is 12.1 Å². The summed E-state index contributed by atoms with van der Waals surface area (Å²) in [6.07, 6.45) is 0. The molecule has 6 heteroatoms. The van der Waals surface area contributed by atoms with Crippen molar-refractivity contribution in [2.45, 2.75) is 6.54 Å². The number of halogens is 1. The van der Waals surface area contributed by atoms with E-state index >= 15 is 0 Å². The zero-order valence-corrected chi connectivity index (χ0v) is 10.3. The van der Waals surface area contributed by atoms with Crippen LogP contribution in [0.4, 0.5) is 15.8 Å². The quantitative estimate of drug-likeness (QED) is 0.684. The Labute approximate surface area is 114 Å². The van der Waals surface area contributed by atoms with E-state index in [1.807, 2.05) is 6.07 Å². The zero-order chi connectivity index (χ0) is 14.5. The number of anilines is 1. The maximum atomic E-state index is 13.8. The van der Waals surface area contributed by atoms with Crippen LogP contribution in [0.5, 0.6) is 0 Å². The molecule has 0 spiro atoms. The third-order valence-electron chi connectivity index (χ3n) is 2.73. The predicted molar refractivity (Wildman–Crippen MR) is 71.5 cm³/mol.